The summed E-state index contributed by atoms with van der Waals surface area (Å²) in [4.78, 5) is 0. The molecular weight excluding hydrogens is 564 g/mol. The SMILES string of the molecule is C=C/C(=C\c1c(C)oc2c1c(-c1ccc3oc4ccccc4c3c1)cc1c3cc(-c4ccccc4)ccc3oc12)c1ccccc1. The van der Waals surface area contributed by atoms with E-state index in [0.717, 1.165) is 99.6 Å². The Morgan fingerprint density at radius 3 is 2.00 bits per heavy atom. The first kappa shape index (κ1) is 26.4. The van der Waals surface area contributed by atoms with E-state index in [1.807, 2.05) is 49.4 Å². The molecule has 0 aliphatic heterocycles. The number of fused-ring (bicyclic) bond motifs is 8. The Bertz CT molecular complexity index is 2640. The van der Waals surface area contributed by atoms with Crippen LogP contribution in [-0.2, 0) is 0 Å². The van der Waals surface area contributed by atoms with Crippen molar-refractivity contribution in [2.24, 2.45) is 0 Å². The van der Waals surface area contributed by atoms with Crippen LogP contribution in [0.2, 0.25) is 0 Å². The standard InChI is InChI=1S/C43H28O3/c1-3-27(28-12-6-4-7-13-28)22-33-26(2)44-43-41(33)34(31-19-21-39-35(24-31)32-16-10-11-17-38(32)45-39)25-37-36-23-30(29-14-8-5-9-15-29)18-20-40(36)46-42(37)43/h3-25H,1H2,2H3/b27-22+. The number of furan rings is 3. The quantitative estimate of drug-likeness (QED) is 0.187. The molecule has 0 spiro atoms. The van der Waals surface area contributed by atoms with Crippen LogP contribution in [0.15, 0.2) is 153 Å². The summed E-state index contributed by atoms with van der Waals surface area (Å²) >= 11 is 0. The number of aryl methyl sites for hydroxylation is 1. The van der Waals surface area contributed by atoms with Crippen molar-refractivity contribution in [2.45, 2.75) is 6.92 Å². The third kappa shape index (κ3) is 4.06. The van der Waals surface area contributed by atoms with Gasteiger partial charge in [-0.15, -0.1) is 0 Å². The van der Waals surface area contributed by atoms with Gasteiger partial charge in [-0.25, -0.2) is 0 Å². The lowest BCUT2D eigenvalue weighted by molar-refractivity contribution is 0.568. The van der Waals surface area contributed by atoms with Crippen molar-refractivity contribution in [3.8, 4) is 22.3 Å². The summed E-state index contributed by atoms with van der Waals surface area (Å²) in [7, 11) is 0. The molecule has 0 saturated heterocycles. The lowest BCUT2D eigenvalue weighted by Gasteiger charge is -2.08. The van der Waals surface area contributed by atoms with Crippen molar-refractivity contribution in [2.75, 3.05) is 0 Å². The fourth-order valence-electron chi connectivity index (χ4n) is 6.78. The van der Waals surface area contributed by atoms with Crippen molar-refractivity contribution in [1.29, 1.82) is 0 Å². The maximum atomic E-state index is 6.65. The first-order chi connectivity index (χ1) is 22.7. The highest BCUT2D eigenvalue weighted by atomic mass is 16.4. The zero-order valence-corrected chi connectivity index (χ0v) is 25.2. The lowest BCUT2D eigenvalue weighted by atomic mass is 9.93. The van der Waals surface area contributed by atoms with Crippen LogP contribution in [0.1, 0.15) is 16.9 Å². The largest absolute Gasteiger partial charge is 0.457 e. The first-order valence-electron chi connectivity index (χ1n) is 15.5. The summed E-state index contributed by atoms with van der Waals surface area (Å²) in [6.45, 7) is 6.17. The van der Waals surface area contributed by atoms with Crippen LogP contribution < -0.4 is 0 Å². The molecule has 3 heteroatoms. The van der Waals surface area contributed by atoms with Gasteiger partial charge in [0.2, 0.25) is 0 Å². The smallest absolute Gasteiger partial charge is 0.178 e. The summed E-state index contributed by atoms with van der Waals surface area (Å²) in [6.07, 6.45) is 4.09. The Balaban J connectivity index is 1.38. The maximum absolute atomic E-state index is 6.65. The molecule has 0 fully saturated rings. The molecule has 0 atom stereocenters. The van der Waals surface area contributed by atoms with Crippen LogP contribution in [0.4, 0.5) is 0 Å². The van der Waals surface area contributed by atoms with Gasteiger partial charge in [0.1, 0.15) is 22.5 Å². The lowest BCUT2D eigenvalue weighted by Crippen LogP contribution is -1.85. The summed E-state index contributed by atoms with van der Waals surface area (Å²) in [5.74, 6) is 0.819. The zero-order valence-electron chi connectivity index (χ0n) is 25.2. The predicted molar refractivity (Wildman–Crippen MR) is 191 cm³/mol. The third-order valence-corrected chi connectivity index (χ3v) is 9.04. The van der Waals surface area contributed by atoms with Crippen molar-refractivity contribution < 1.29 is 13.3 Å². The average molecular weight is 593 g/mol. The minimum Gasteiger partial charge on any atom is -0.457 e. The Morgan fingerprint density at radius 2 is 1.20 bits per heavy atom. The highest BCUT2D eigenvalue weighted by Crippen LogP contribution is 2.45. The molecule has 6 aromatic carbocycles. The van der Waals surface area contributed by atoms with E-state index in [9.17, 15) is 0 Å². The summed E-state index contributed by atoms with van der Waals surface area (Å²) in [5.41, 5.74) is 11.6. The van der Waals surface area contributed by atoms with Gasteiger partial charge in [0.15, 0.2) is 11.2 Å². The minimum absolute atomic E-state index is 0.738. The van der Waals surface area contributed by atoms with Gasteiger partial charge in [0.05, 0.1) is 0 Å². The van der Waals surface area contributed by atoms with Crippen molar-refractivity contribution in [3.63, 3.8) is 0 Å². The van der Waals surface area contributed by atoms with Crippen LogP contribution in [0.25, 0.3) is 88.7 Å². The van der Waals surface area contributed by atoms with Gasteiger partial charge >= 0.3 is 0 Å². The van der Waals surface area contributed by atoms with Crippen LogP contribution in [0.5, 0.6) is 0 Å². The van der Waals surface area contributed by atoms with E-state index < -0.39 is 0 Å². The van der Waals surface area contributed by atoms with Gasteiger partial charge < -0.3 is 13.3 Å². The van der Waals surface area contributed by atoms with Gasteiger partial charge in [0.25, 0.3) is 0 Å². The Hall–Kier alpha value is -6.06. The van der Waals surface area contributed by atoms with E-state index >= 15 is 0 Å². The minimum atomic E-state index is 0.738. The van der Waals surface area contributed by atoms with E-state index in [2.05, 4.69) is 104 Å². The fraction of sp³-hybridized carbons (Fsp3) is 0.0233. The molecule has 9 aromatic rings. The normalized spacial score (nSPS) is 12.2. The Morgan fingerprint density at radius 1 is 0.543 bits per heavy atom. The zero-order chi connectivity index (χ0) is 30.8. The molecule has 0 aliphatic carbocycles. The fourth-order valence-corrected chi connectivity index (χ4v) is 6.78. The van der Waals surface area contributed by atoms with Crippen LogP contribution in [-0.4, -0.2) is 0 Å². The highest BCUT2D eigenvalue weighted by Gasteiger charge is 2.23. The van der Waals surface area contributed by atoms with E-state index in [1.54, 1.807) is 0 Å². The summed E-state index contributed by atoms with van der Waals surface area (Å²) in [5, 5.41) is 5.26. The van der Waals surface area contributed by atoms with Crippen molar-refractivity contribution in [1.82, 2.24) is 0 Å². The molecule has 0 N–H and O–H groups in total. The van der Waals surface area contributed by atoms with Gasteiger partial charge in [-0.3, -0.25) is 0 Å². The van der Waals surface area contributed by atoms with E-state index in [1.165, 1.54) is 0 Å². The number of benzene rings is 6. The molecule has 3 nitrogen and oxygen atoms in total. The monoisotopic (exact) mass is 592 g/mol. The second-order valence-corrected chi connectivity index (χ2v) is 11.7. The average Bonchev–Trinajstić information content (AvgIpc) is 3.77. The molecule has 0 saturated carbocycles. The predicted octanol–water partition coefficient (Wildman–Crippen LogP) is 12.6. The van der Waals surface area contributed by atoms with E-state index in [0.29, 0.717) is 0 Å². The van der Waals surface area contributed by atoms with Crippen LogP contribution in [0.3, 0.4) is 0 Å². The van der Waals surface area contributed by atoms with Crippen molar-refractivity contribution in [3.05, 3.63) is 157 Å². The summed E-state index contributed by atoms with van der Waals surface area (Å²) in [6, 6.07) is 44.1. The number of para-hydroxylation sites is 1. The third-order valence-electron chi connectivity index (χ3n) is 9.04. The van der Waals surface area contributed by atoms with E-state index in [-0.39, 0.29) is 0 Å². The molecule has 218 valence electrons. The number of rotatable bonds is 5. The second-order valence-electron chi connectivity index (χ2n) is 11.7. The molecule has 9 rings (SSSR count). The second kappa shape index (κ2) is 10.3. The molecule has 0 bridgehead atoms. The molecule has 3 aromatic heterocycles. The highest BCUT2D eigenvalue weighted by molar-refractivity contribution is 6.20. The van der Waals surface area contributed by atoms with Gasteiger partial charge in [-0.05, 0) is 82.8 Å². The van der Waals surface area contributed by atoms with Crippen molar-refractivity contribution >= 4 is 66.5 Å². The molecule has 0 aliphatic rings. The maximum Gasteiger partial charge on any atom is 0.178 e. The Kier molecular flexibility index (Phi) is 5.87. The van der Waals surface area contributed by atoms with Gasteiger partial charge in [-0.2, -0.15) is 0 Å². The van der Waals surface area contributed by atoms with Crippen LogP contribution >= 0.6 is 0 Å². The first-order valence-corrected chi connectivity index (χ1v) is 15.5. The molecular formula is C43H28O3. The van der Waals surface area contributed by atoms with Gasteiger partial charge in [0, 0.05) is 32.5 Å². The molecule has 46 heavy (non-hydrogen) atoms. The molecule has 0 amide bonds. The molecule has 0 radical (unpaired) electrons. The number of hydrogen-bond acceptors (Lipinski definition) is 3. The number of hydrogen-bond donors (Lipinski definition) is 0. The molecule has 3 heterocycles. The number of allylic oxidation sites excluding steroid dienone is 2. The topological polar surface area (TPSA) is 39.4 Å². The summed E-state index contributed by atoms with van der Waals surface area (Å²) < 4.78 is 19.4. The molecule has 0 unspecified atom stereocenters. The Labute approximate surface area is 265 Å². The van der Waals surface area contributed by atoms with E-state index in [4.69, 9.17) is 13.3 Å². The van der Waals surface area contributed by atoms with Crippen LogP contribution in [0, 0.1) is 6.92 Å². The van der Waals surface area contributed by atoms with Gasteiger partial charge in [-0.1, -0.05) is 104 Å².